The molecule has 0 fully saturated rings. The average Bonchev–Trinajstić information content (AvgIpc) is 2.67. The maximum atomic E-state index is 4.28. The lowest BCUT2D eigenvalue weighted by molar-refractivity contribution is 0.488. The Bertz CT molecular complexity index is 566. The number of aromatic nitrogens is 2. The van der Waals surface area contributed by atoms with Crippen LogP contribution in [0.5, 0.6) is 0 Å². The van der Waals surface area contributed by atoms with Crippen molar-refractivity contribution in [2.75, 3.05) is 0 Å². The second-order valence-electron chi connectivity index (χ2n) is 5.79. The van der Waals surface area contributed by atoms with Gasteiger partial charge in [0.05, 0.1) is 5.69 Å². The fraction of sp³-hybridized carbons (Fsp3) is 0.471. The highest BCUT2D eigenvalue weighted by Gasteiger charge is 2.18. The average molecular weight is 269 g/mol. The van der Waals surface area contributed by atoms with E-state index in [4.69, 9.17) is 0 Å². The van der Waals surface area contributed by atoms with Crippen molar-refractivity contribution in [3.05, 3.63) is 52.3 Å². The molecule has 2 N–H and O–H groups in total. The van der Waals surface area contributed by atoms with Gasteiger partial charge in [-0.1, -0.05) is 30.7 Å². The number of aromatic amines is 1. The minimum absolute atomic E-state index is 0.474. The van der Waals surface area contributed by atoms with Gasteiger partial charge < -0.3 is 5.32 Å². The number of nitrogens with one attached hydrogen (secondary N) is 2. The molecule has 20 heavy (non-hydrogen) atoms. The van der Waals surface area contributed by atoms with Gasteiger partial charge in [-0.05, 0) is 44.2 Å². The van der Waals surface area contributed by atoms with Crippen LogP contribution in [0.15, 0.2) is 24.3 Å². The summed E-state index contributed by atoms with van der Waals surface area (Å²) in [6.45, 7) is 5.06. The van der Waals surface area contributed by atoms with Crippen molar-refractivity contribution in [3.8, 4) is 0 Å². The van der Waals surface area contributed by atoms with Crippen LogP contribution in [-0.4, -0.2) is 10.2 Å². The Labute approximate surface area is 120 Å². The van der Waals surface area contributed by atoms with Crippen molar-refractivity contribution in [3.63, 3.8) is 0 Å². The van der Waals surface area contributed by atoms with Gasteiger partial charge >= 0.3 is 0 Å². The zero-order chi connectivity index (χ0) is 13.9. The third-order valence-electron chi connectivity index (χ3n) is 4.43. The predicted octanol–water partition coefficient (Wildman–Crippen LogP) is 3.58. The first-order chi connectivity index (χ1) is 9.75. The van der Waals surface area contributed by atoms with E-state index in [0.29, 0.717) is 6.04 Å². The third-order valence-corrected chi connectivity index (χ3v) is 4.43. The number of nitrogens with zero attached hydrogens (tertiary/aromatic N) is 1. The molecule has 0 saturated heterocycles. The summed E-state index contributed by atoms with van der Waals surface area (Å²) in [5.41, 5.74) is 6.60. The number of hydrogen-bond acceptors (Lipinski definition) is 2. The van der Waals surface area contributed by atoms with Crippen LogP contribution in [0.3, 0.4) is 0 Å². The molecule has 1 heterocycles. The Kier molecular flexibility index (Phi) is 3.88. The molecule has 0 bridgehead atoms. The normalized spacial score (nSPS) is 18.6. The molecule has 1 aliphatic carbocycles. The van der Waals surface area contributed by atoms with Crippen molar-refractivity contribution < 1.29 is 0 Å². The van der Waals surface area contributed by atoms with Gasteiger partial charge in [-0.15, -0.1) is 0 Å². The van der Waals surface area contributed by atoms with Gasteiger partial charge in [0.25, 0.3) is 0 Å². The van der Waals surface area contributed by atoms with Crippen molar-refractivity contribution in [2.45, 2.75) is 52.1 Å². The first-order valence-electron chi connectivity index (χ1n) is 7.57. The fourth-order valence-electron chi connectivity index (χ4n) is 3.19. The van der Waals surface area contributed by atoms with Crippen molar-refractivity contribution in [2.24, 2.45) is 0 Å². The van der Waals surface area contributed by atoms with Crippen LogP contribution in [0.2, 0.25) is 0 Å². The minimum Gasteiger partial charge on any atom is -0.306 e. The Balaban J connectivity index is 1.77. The molecular formula is C17H23N3. The summed E-state index contributed by atoms with van der Waals surface area (Å²) in [6.07, 6.45) is 5.06. The largest absolute Gasteiger partial charge is 0.306 e. The summed E-state index contributed by atoms with van der Waals surface area (Å²) in [5.74, 6) is 0. The lowest BCUT2D eigenvalue weighted by Crippen LogP contribution is -2.21. The Hall–Kier alpha value is -1.61. The summed E-state index contributed by atoms with van der Waals surface area (Å²) in [7, 11) is 0. The molecular weight excluding hydrogens is 246 g/mol. The van der Waals surface area contributed by atoms with E-state index in [0.717, 1.165) is 12.2 Å². The molecule has 1 aromatic carbocycles. The number of aryl methyl sites for hydroxylation is 3. The van der Waals surface area contributed by atoms with Crippen molar-refractivity contribution >= 4 is 0 Å². The van der Waals surface area contributed by atoms with Crippen LogP contribution in [0, 0.1) is 13.8 Å². The van der Waals surface area contributed by atoms with Gasteiger partial charge in [0.2, 0.25) is 0 Å². The fourth-order valence-corrected chi connectivity index (χ4v) is 3.19. The maximum absolute atomic E-state index is 4.28. The van der Waals surface area contributed by atoms with Crippen LogP contribution < -0.4 is 5.32 Å². The quantitative estimate of drug-likeness (QED) is 0.836. The second-order valence-corrected chi connectivity index (χ2v) is 5.79. The zero-order valence-electron chi connectivity index (χ0n) is 12.4. The highest BCUT2D eigenvalue weighted by molar-refractivity contribution is 5.31. The van der Waals surface area contributed by atoms with E-state index in [9.17, 15) is 0 Å². The van der Waals surface area contributed by atoms with E-state index in [2.05, 4.69) is 53.6 Å². The lowest BCUT2D eigenvalue weighted by Gasteiger charge is -2.19. The van der Waals surface area contributed by atoms with E-state index in [1.54, 1.807) is 0 Å². The van der Waals surface area contributed by atoms with Crippen LogP contribution >= 0.6 is 0 Å². The summed E-state index contributed by atoms with van der Waals surface area (Å²) in [6, 6.07) is 9.36. The first kappa shape index (κ1) is 13.4. The molecule has 1 aliphatic rings. The van der Waals surface area contributed by atoms with E-state index in [1.165, 1.54) is 48.1 Å². The number of benzene rings is 1. The van der Waals surface area contributed by atoms with E-state index < -0.39 is 0 Å². The number of rotatable bonds is 3. The summed E-state index contributed by atoms with van der Waals surface area (Å²) in [4.78, 5) is 0. The second kappa shape index (κ2) is 5.80. The maximum Gasteiger partial charge on any atom is 0.0638 e. The molecule has 0 amide bonds. The van der Waals surface area contributed by atoms with Crippen LogP contribution in [0.1, 0.15) is 53.4 Å². The molecule has 3 rings (SSSR count). The first-order valence-corrected chi connectivity index (χ1v) is 7.57. The standard InChI is InChI=1S/C17H23N3/c1-12-16(13(2)20-19-12)11-18-17-10-6-4-8-14-7-3-5-9-15(14)17/h3,5,7,9,17-18H,4,6,8,10-11H2,1-2H3,(H,19,20)/t17-/m1/s1. The number of H-pyrrole nitrogens is 1. The molecule has 106 valence electrons. The zero-order valence-corrected chi connectivity index (χ0v) is 12.4. The molecule has 1 aromatic heterocycles. The SMILES string of the molecule is Cc1n[nH]c(C)c1CN[C@@H]1CCCCc2ccccc21. The molecule has 0 aliphatic heterocycles. The molecule has 0 saturated carbocycles. The highest BCUT2D eigenvalue weighted by Crippen LogP contribution is 2.29. The molecule has 0 spiro atoms. The molecule has 3 heteroatoms. The Morgan fingerprint density at radius 2 is 2.10 bits per heavy atom. The predicted molar refractivity (Wildman–Crippen MR) is 81.6 cm³/mol. The van der Waals surface area contributed by atoms with Gasteiger partial charge in [0.15, 0.2) is 0 Å². The Morgan fingerprint density at radius 1 is 1.25 bits per heavy atom. The van der Waals surface area contributed by atoms with Crippen LogP contribution in [0.25, 0.3) is 0 Å². The summed E-state index contributed by atoms with van der Waals surface area (Å²) < 4.78 is 0. The smallest absolute Gasteiger partial charge is 0.0638 e. The van der Waals surface area contributed by atoms with Gasteiger partial charge in [-0.3, -0.25) is 5.10 Å². The monoisotopic (exact) mass is 269 g/mol. The molecule has 0 unspecified atom stereocenters. The highest BCUT2D eigenvalue weighted by atomic mass is 15.1. The van der Waals surface area contributed by atoms with Crippen LogP contribution in [-0.2, 0) is 13.0 Å². The number of hydrogen-bond donors (Lipinski definition) is 2. The van der Waals surface area contributed by atoms with Crippen molar-refractivity contribution in [1.29, 1.82) is 0 Å². The molecule has 0 radical (unpaired) electrons. The van der Waals surface area contributed by atoms with Gasteiger partial charge in [0.1, 0.15) is 0 Å². The van der Waals surface area contributed by atoms with Gasteiger partial charge in [-0.25, -0.2) is 0 Å². The lowest BCUT2D eigenvalue weighted by atomic mass is 9.99. The van der Waals surface area contributed by atoms with Crippen LogP contribution in [0.4, 0.5) is 0 Å². The topological polar surface area (TPSA) is 40.7 Å². The van der Waals surface area contributed by atoms with E-state index in [-0.39, 0.29) is 0 Å². The van der Waals surface area contributed by atoms with Gasteiger partial charge in [-0.2, -0.15) is 5.10 Å². The Morgan fingerprint density at radius 3 is 2.90 bits per heavy atom. The summed E-state index contributed by atoms with van der Waals surface area (Å²) in [5, 5.41) is 11.1. The van der Waals surface area contributed by atoms with Crippen molar-refractivity contribution in [1.82, 2.24) is 15.5 Å². The minimum atomic E-state index is 0.474. The van der Waals surface area contributed by atoms with E-state index >= 15 is 0 Å². The third kappa shape index (κ3) is 2.63. The summed E-state index contributed by atoms with van der Waals surface area (Å²) >= 11 is 0. The molecule has 2 aromatic rings. The number of fused-ring (bicyclic) bond motifs is 1. The van der Waals surface area contributed by atoms with E-state index in [1.807, 2.05) is 0 Å². The van der Waals surface area contributed by atoms with Gasteiger partial charge in [0, 0.05) is 23.8 Å². The molecule has 1 atom stereocenters. The molecule has 3 nitrogen and oxygen atoms in total.